The van der Waals surface area contributed by atoms with E-state index in [1.807, 2.05) is 0 Å². The van der Waals surface area contributed by atoms with Crippen molar-refractivity contribution in [1.82, 2.24) is 5.32 Å². The largest absolute Gasteiger partial charge is 0.352 e. The summed E-state index contributed by atoms with van der Waals surface area (Å²) in [5.41, 5.74) is 0.659. The number of hydrogen-bond donors (Lipinski definition) is 1. The zero-order valence-corrected chi connectivity index (χ0v) is 11.9. The second-order valence-electron chi connectivity index (χ2n) is 4.87. The Bertz CT molecular complexity index is 398. The second kappa shape index (κ2) is 5.19. The van der Waals surface area contributed by atoms with Crippen molar-refractivity contribution < 1.29 is 4.79 Å². The molecule has 0 saturated carbocycles. The number of carbonyl (C=O) groups excluding carboxylic acids is 1. The third-order valence-electron chi connectivity index (χ3n) is 1.96. The number of amides is 1. The molecule has 88 valence electrons. The summed E-state index contributed by atoms with van der Waals surface area (Å²) in [4.78, 5) is 11.8. The van der Waals surface area contributed by atoms with Crippen molar-refractivity contribution in [3.8, 4) is 0 Å². The van der Waals surface area contributed by atoms with Crippen LogP contribution in [0.4, 0.5) is 0 Å². The summed E-state index contributed by atoms with van der Waals surface area (Å²) in [6, 6.07) is 5.17. The quantitative estimate of drug-likeness (QED) is 0.882. The Kier molecular flexibility index (Phi) is 4.39. The van der Waals surface area contributed by atoms with Crippen molar-refractivity contribution in [3.63, 3.8) is 0 Å². The molecule has 1 rings (SSSR count). The van der Waals surface area contributed by atoms with E-state index in [2.05, 4.69) is 42.0 Å². The van der Waals surface area contributed by atoms with E-state index in [9.17, 15) is 4.79 Å². The lowest BCUT2D eigenvalue weighted by Gasteiger charge is -2.18. The van der Waals surface area contributed by atoms with Crippen molar-refractivity contribution in [3.05, 3.63) is 33.3 Å². The summed E-state index contributed by atoms with van der Waals surface area (Å²) in [5, 5.41) is 3.42. The maximum atomic E-state index is 11.8. The van der Waals surface area contributed by atoms with Gasteiger partial charge in [-0.25, -0.2) is 0 Å². The number of carbonyl (C=O) groups is 1. The standard InChI is InChI=1S/C12H15BrClNO/c1-12(2,3)7-15-11(16)8-4-5-9(13)10(14)6-8/h4-6H,7H2,1-3H3,(H,15,16). The van der Waals surface area contributed by atoms with Crippen LogP contribution < -0.4 is 5.32 Å². The van der Waals surface area contributed by atoms with E-state index in [1.54, 1.807) is 18.2 Å². The summed E-state index contributed by atoms with van der Waals surface area (Å²) in [6.45, 7) is 6.85. The average Bonchev–Trinajstić information content (AvgIpc) is 2.17. The Morgan fingerprint density at radius 3 is 2.56 bits per heavy atom. The molecular weight excluding hydrogens is 289 g/mol. The molecular formula is C12H15BrClNO. The maximum absolute atomic E-state index is 11.8. The van der Waals surface area contributed by atoms with Gasteiger partial charge in [0.15, 0.2) is 0 Å². The SMILES string of the molecule is CC(C)(C)CNC(=O)c1ccc(Br)c(Cl)c1. The molecule has 0 bridgehead atoms. The molecule has 0 saturated heterocycles. The third-order valence-corrected chi connectivity index (χ3v) is 3.19. The Balaban J connectivity index is 2.70. The van der Waals surface area contributed by atoms with Crippen LogP contribution in [0.25, 0.3) is 0 Å². The Morgan fingerprint density at radius 1 is 1.44 bits per heavy atom. The predicted octanol–water partition coefficient (Wildman–Crippen LogP) is 3.88. The van der Waals surface area contributed by atoms with Crippen LogP contribution in [-0.2, 0) is 0 Å². The van der Waals surface area contributed by atoms with E-state index < -0.39 is 0 Å². The van der Waals surface area contributed by atoms with Gasteiger partial charge in [0.2, 0.25) is 0 Å². The molecule has 1 amide bonds. The van der Waals surface area contributed by atoms with Gasteiger partial charge in [0.25, 0.3) is 5.91 Å². The first kappa shape index (κ1) is 13.5. The van der Waals surface area contributed by atoms with Gasteiger partial charge >= 0.3 is 0 Å². The van der Waals surface area contributed by atoms with Crippen LogP contribution in [0.2, 0.25) is 5.02 Å². The molecule has 4 heteroatoms. The molecule has 0 aliphatic heterocycles. The minimum atomic E-state index is -0.0932. The fourth-order valence-corrected chi connectivity index (χ4v) is 1.51. The molecule has 2 nitrogen and oxygen atoms in total. The molecule has 1 N–H and O–H groups in total. The van der Waals surface area contributed by atoms with Crippen LogP contribution in [0, 0.1) is 5.41 Å². The lowest BCUT2D eigenvalue weighted by Crippen LogP contribution is -2.32. The molecule has 0 aliphatic rings. The van der Waals surface area contributed by atoms with Gasteiger partial charge in [-0.05, 0) is 39.5 Å². The fraction of sp³-hybridized carbons (Fsp3) is 0.417. The fourth-order valence-electron chi connectivity index (χ4n) is 1.08. The monoisotopic (exact) mass is 303 g/mol. The van der Waals surface area contributed by atoms with E-state index in [4.69, 9.17) is 11.6 Å². The highest BCUT2D eigenvalue weighted by Crippen LogP contribution is 2.23. The minimum absolute atomic E-state index is 0.0782. The van der Waals surface area contributed by atoms with Gasteiger partial charge in [-0.3, -0.25) is 4.79 Å². The number of rotatable bonds is 2. The molecule has 0 radical (unpaired) electrons. The molecule has 16 heavy (non-hydrogen) atoms. The second-order valence-corrected chi connectivity index (χ2v) is 6.13. The van der Waals surface area contributed by atoms with E-state index >= 15 is 0 Å². The summed E-state index contributed by atoms with van der Waals surface area (Å²) < 4.78 is 0.793. The van der Waals surface area contributed by atoms with Crippen LogP contribution in [0.3, 0.4) is 0 Å². The van der Waals surface area contributed by atoms with Crippen molar-refractivity contribution in [2.24, 2.45) is 5.41 Å². The van der Waals surface area contributed by atoms with E-state index in [0.717, 1.165) is 4.47 Å². The average molecular weight is 305 g/mol. The molecule has 0 aromatic heterocycles. The third kappa shape index (κ3) is 4.14. The van der Waals surface area contributed by atoms with Crippen molar-refractivity contribution in [1.29, 1.82) is 0 Å². The lowest BCUT2D eigenvalue weighted by atomic mass is 9.97. The number of nitrogens with one attached hydrogen (secondary N) is 1. The molecule has 0 fully saturated rings. The van der Waals surface area contributed by atoms with Crippen LogP contribution in [0.1, 0.15) is 31.1 Å². The summed E-state index contributed by atoms with van der Waals surface area (Å²) in [6.07, 6.45) is 0. The van der Waals surface area contributed by atoms with Gasteiger partial charge in [0, 0.05) is 16.6 Å². The van der Waals surface area contributed by atoms with Gasteiger partial charge in [-0.1, -0.05) is 32.4 Å². The van der Waals surface area contributed by atoms with Crippen LogP contribution in [-0.4, -0.2) is 12.5 Å². The minimum Gasteiger partial charge on any atom is -0.352 e. The zero-order chi connectivity index (χ0) is 12.3. The molecule has 0 unspecified atom stereocenters. The summed E-state index contributed by atoms with van der Waals surface area (Å²) in [7, 11) is 0. The van der Waals surface area contributed by atoms with E-state index in [1.165, 1.54) is 0 Å². The first-order valence-corrected chi connectivity index (χ1v) is 6.20. The highest BCUT2D eigenvalue weighted by molar-refractivity contribution is 9.10. The number of halogens is 2. The van der Waals surface area contributed by atoms with E-state index in [0.29, 0.717) is 17.1 Å². The summed E-state index contributed by atoms with van der Waals surface area (Å²) in [5.74, 6) is -0.0932. The van der Waals surface area contributed by atoms with Gasteiger partial charge in [-0.2, -0.15) is 0 Å². The van der Waals surface area contributed by atoms with Crippen molar-refractivity contribution in [2.75, 3.05) is 6.54 Å². The highest BCUT2D eigenvalue weighted by atomic mass is 79.9. The molecule has 0 atom stereocenters. The van der Waals surface area contributed by atoms with Crippen LogP contribution in [0.5, 0.6) is 0 Å². The van der Waals surface area contributed by atoms with Gasteiger partial charge < -0.3 is 5.32 Å². The first-order chi connectivity index (χ1) is 7.29. The van der Waals surface area contributed by atoms with Gasteiger partial charge in [0.1, 0.15) is 0 Å². The molecule has 1 aromatic rings. The van der Waals surface area contributed by atoms with Gasteiger partial charge in [0.05, 0.1) is 5.02 Å². The van der Waals surface area contributed by atoms with Crippen LogP contribution >= 0.6 is 27.5 Å². The summed E-state index contributed by atoms with van der Waals surface area (Å²) >= 11 is 9.21. The molecule has 1 aromatic carbocycles. The Morgan fingerprint density at radius 2 is 2.06 bits per heavy atom. The van der Waals surface area contributed by atoms with Crippen molar-refractivity contribution >= 4 is 33.4 Å². The Labute approximate surface area is 110 Å². The lowest BCUT2D eigenvalue weighted by molar-refractivity contribution is 0.0939. The number of hydrogen-bond acceptors (Lipinski definition) is 1. The van der Waals surface area contributed by atoms with Crippen LogP contribution in [0.15, 0.2) is 22.7 Å². The normalized spacial score (nSPS) is 11.3. The molecule has 0 heterocycles. The zero-order valence-electron chi connectivity index (χ0n) is 9.60. The number of benzene rings is 1. The van der Waals surface area contributed by atoms with Crippen molar-refractivity contribution in [2.45, 2.75) is 20.8 Å². The van der Waals surface area contributed by atoms with Gasteiger partial charge in [-0.15, -0.1) is 0 Å². The maximum Gasteiger partial charge on any atom is 0.251 e. The smallest absolute Gasteiger partial charge is 0.251 e. The Hall–Kier alpha value is -0.540. The molecule has 0 spiro atoms. The predicted molar refractivity (Wildman–Crippen MR) is 70.9 cm³/mol. The molecule has 0 aliphatic carbocycles. The first-order valence-electron chi connectivity index (χ1n) is 5.03. The highest BCUT2D eigenvalue weighted by Gasteiger charge is 2.13. The van der Waals surface area contributed by atoms with E-state index in [-0.39, 0.29) is 11.3 Å². The topological polar surface area (TPSA) is 29.1 Å².